The molecule has 0 saturated heterocycles. The molecule has 0 aliphatic rings. The summed E-state index contributed by atoms with van der Waals surface area (Å²) in [6.45, 7) is 3.80. The largest absolute Gasteiger partial charge is 0.361 e. The lowest BCUT2D eigenvalue weighted by Gasteiger charge is -2.08. The lowest BCUT2D eigenvalue weighted by molar-refractivity contribution is 0.393. The molecule has 0 bridgehead atoms. The van der Waals surface area contributed by atoms with E-state index in [0.717, 1.165) is 22.4 Å². The maximum Gasteiger partial charge on any atom is 0.240 e. The van der Waals surface area contributed by atoms with E-state index in [1.807, 2.05) is 6.92 Å². The molecular weight excluding hydrogens is 414 g/mol. The van der Waals surface area contributed by atoms with Crippen LogP contribution in [-0.4, -0.2) is 28.5 Å². The van der Waals surface area contributed by atoms with E-state index in [-0.39, 0.29) is 16.3 Å². The second-order valence-corrected chi connectivity index (χ2v) is 9.89. The molecule has 0 aliphatic carbocycles. The zero-order valence-corrected chi connectivity index (χ0v) is 17.5. The Morgan fingerprint density at radius 2 is 1.52 bits per heavy atom. The molecule has 0 spiro atoms. The summed E-state index contributed by atoms with van der Waals surface area (Å²) in [5.74, 6) is 0.671. The summed E-state index contributed by atoms with van der Waals surface area (Å²) in [5.41, 5.74) is 3.21. The van der Waals surface area contributed by atoms with E-state index >= 15 is 0 Å². The van der Waals surface area contributed by atoms with Crippen molar-refractivity contribution in [1.82, 2.24) is 9.88 Å². The minimum Gasteiger partial charge on any atom is -0.361 e. The van der Waals surface area contributed by atoms with Gasteiger partial charge in [0.2, 0.25) is 20.0 Å². The molecule has 0 atom stereocenters. The number of aromatic nitrogens is 1. The number of nitrogens with zero attached hydrogens (tertiary/aromatic N) is 1. The Bertz CT molecular complexity index is 1190. The van der Waals surface area contributed by atoms with Crippen LogP contribution in [0.15, 0.2) is 62.8 Å². The van der Waals surface area contributed by atoms with Gasteiger partial charge in [-0.1, -0.05) is 29.4 Å². The van der Waals surface area contributed by atoms with E-state index in [9.17, 15) is 16.8 Å². The lowest BCUT2D eigenvalue weighted by atomic mass is 10.0. The number of benzene rings is 2. The van der Waals surface area contributed by atoms with E-state index < -0.39 is 20.0 Å². The summed E-state index contributed by atoms with van der Waals surface area (Å²) in [6, 6.07) is 12.5. The lowest BCUT2D eigenvalue weighted by Crippen LogP contribution is -2.26. The summed E-state index contributed by atoms with van der Waals surface area (Å²) in [7, 11) is -7.42. The Hall–Kier alpha value is -2.53. The molecule has 10 heteroatoms. The molecular formula is C19H21N3O5S2. The van der Waals surface area contributed by atoms with Crippen molar-refractivity contribution in [2.75, 3.05) is 6.54 Å². The molecule has 0 radical (unpaired) electrons. The van der Waals surface area contributed by atoms with Crippen molar-refractivity contribution in [2.24, 2.45) is 5.14 Å². The fraction of sp³-hybridized carbons (Fsp3) is 0.211. The number of nitrogens with two attached hydrogens (primary N) is 1. The molecule has 0 amide bonds. The van der Waals surface area contributed by atoms with Gasteiger partial charge in [-0.3, -0.25) is 0 Å². The Balaban J connectivity index is 1.65. The minimum atomic E-state index is -3.75. The van der Waals surface area contributed by atoms with E-state index in [0.29, 0.717) is 12.2 Å². The van der Waals surface area contributed by atoms with Crippen LogP contribution in [-0.2, 0) is 26.5 Å². The van der Waals surface area contributed by atoms with Crippen molar-refractivity contribution in [3.05, 3.63) is 65.5 Å². The fourth-order valence-electron chi connectivity index (χ4n) is 2.95. The first kappa shape index (κ1) is 21.2. The quantitative estimate of drug-likeness (QED) is 0.584. The second-order valence-electron chi connectivity index (χ2n) is 6.56. The van der Waals surface area contributed by atoms with Crippen LogP contribution in [0.4, 0.5) is 0 Å². The number of hydrogen-bond acceptors (Lipinski definition) is 6. The van der Waals surface area contributed by atoms with Gasteiger partial charge in [0.05, 0.1) is 15.5 Å². The molecule has 3 N–H and O–H groups in total. The Morgan fingerprint density at radius 1 is 0.931 bits per heavy atom. The molecule has 8 nitrogen and oxygen atoms in total. The first-order valence-corrected chi connectivity index (χ1v) is 11.8. The zero-order valence-electron chi connectivity index (χ0n) is 15.9. The van der Waals surface area contributed by atoms with Crippen LogP contribution < -0.4 is 9.86 Å². The predicted octanol–water partition coefficient (Wildman–Crippen LogP) is 2.13. The highest BCUT2D eigenvalue weighted by atomic mass is 32.2. The van der Waals surface area contributed by atoms with Crippen LogP contribution in [0.25, 0.3) is 11.1 Å². The van der Waals surface area contributed by atoms with Gasteiger partial charge in [-0.25, -0.2) is 26.7 Å². The standard InChI is InChI=1S/C19H21N3O5S2/c1-13-19(14(2)27-22-13)16-5-9-18(10-6-16)29(25,26)21-12-11-15-3-7-17(8-4-15)28(20,23)24/h3-10,21H,11-12H2,1-2H3,(H2,20,23,24). The third kappa shape index (κ3) is 4.91. The molecule has 0 saturated carbocycles. The molecule has 0 unspecified atom stereocenters. The van der Waals surface area contributed by atoms with E-state index in [2.05, 4.69) is 9.88 Å². The van der Waals surface area contributed by atoms with Crippen LogP contribution in [0.3, 0.4) is 0 Å². The molecule has 3 aromatic rings. The van der Waals surface area contributed by atoms with Crippen LogP contribution >= 0.6 is 0 Å². The number of rotatable bonds is 7. The third-order valence-corrected chi connectivity index (χ3v) is 6.85. The molecule has 29 heavy (non-hydrogen) atoms. The van der Waals surface area contributed by atoms with Gasteiger partial charge in [0.15, 0.2) is 0 Å². The Morgan fingerprint density at radius 3 is 2.03 bits per heavy atom. The number of sulfonamides is 2. The number of hydrogen-bond donors (Lipinski definition) is 2. The van der Waals surface area contributed by atoms with Crippen molar-refractivity contribution in [2.45, 2.75) is 30.1 Å². The van der Waals surface area contributed by atoms with Crippen LogP contribution in [0.2, 0.25) is 0 Å². The molecule has 0 fully saturated rings. The predicted molar refractivity (Wildman–Crippen MR) is 108 cm³/mol. The average molecular weight is 436 g/mol. The fourth-order valence-corrected chi connectivity index (χ4v) is 4.50. The van der Waals surface area contributed by atoms with Gasteiger partial charge >= 0.3 is 0 Å². The van der Waals surface area contributed by atoms with Gasteiger partial charge in [-0.05, 0) is 55.7 Å². The maximum atomic E-state index is 12.5. The molecule has 2 aromatic carbocycles. The van der Waals surface area contributed by atoms with Crippen molar-refractivity contribution in [3.8, 4) is 11.1 Å². The van der Waals surface area contributed by atoms with Gasteiger partial charge in [0.1, 0.15) is 5.76 Å². The number of nitrogens with one attached hydrogen (secondary N) is 1. The van der Waals surface area contributed by atoms with E-state index in [1.54, 1.807) is 31.2 Å². The Kier molecular flexibility index (Phi) is 5.90. The highest BCUT2D eigenvalue weighted by Crippen LogP contribution is 2.27. The molecule has 1 aromatic heterocycles. The minimum absolute atomic E-state index is 0.0141. The van der Waals surface area contributed by atoms with Crippen molar-refractivity contribution in [1.29, 1.82) is 0 Å². The van der Waals surface area contributed by atoms with Gasteiger partial charge < -0.3 is 4.52 Å². The summed E-state index contributed by atoms with van der Waals surface area (Å²) >= 11 is 0. The van der Waals surface area contributed by atoms with Gasteiger partial charge in [0.25, 0.3) is 0 Å². The van der Waals surface area contributed by atoms with E-state index in [1.165, 1.54) is 24.3 Å². The monoisotopic (exact) mass is 435 g/mol. The summed E-state index contributed by atoms with van der Waals surface area (Å²) < 4.78 is 55.2. The SMILES string of the molecule is Cc1noc(C)c1-c1ccc(S(=O)(=O)NCCc2ccc(S(N)(=O)=O)cc2)cc1. The number of aryl methyl sites for hydroxylation is 2. The van der Waals surface area contributed by atoms with Crippen LogP contribution in [0.5, 0.6) is 0 Å². The van der Waals surface area contributed by atoms with Crippen molar-refractivity contribution in [3.63, 3.8) is 0 Å². The Labute approximate surface area is 169 Å². The second kappa shape index (κ2) is 8.07. The smallest absolute Gasteiger partial charge is 0.240 e. The van der Waals surface area contributed by atoms with Crippen molar-refractivity contribution < 1.29 is 21.4 Å². The average Bonchev–Trinajstić information content (AvgIpc) is 3.00. The molecule has 3 rings (SSSR count). The first-order valence-electron chi connectivity index (χ1n) is 8.72. The maximum absolute atomic E-state index is 12.5. The normalized spacial score (nSPS) is 12.2. The summed E-state index contributed by atoms with van der Waals surface area (Å²) in [4.78, 5) is 0.165. The van der Waals surface area contributed by atoms with Gasteiger partial charge in [-0.2, -0.15) is 0 Å². The molecule has 1 heterocycles. The van der Waals surface area contributed by atoms with Crippen LogP contribution in [0, 0.1) is 13.8 Å². The third-order valence-electron chi connectivity index (χ3n) is 4.44. The molecule has 154 valence electrons. The first-order chi connectivity index (χ1) is 13.6. The highest BCUT2D eigenvalue weighted by molar-refractivity contribution is 7.89. The van der Waals surface area contributed by atoms with Gasteiger partial charge in [-0.15, -0.1) is 0 Å². The topological polar surface area (TPSA) is 132 Å². The zero-order chi connectivity index (χ0) is 21.2. The highest BCUT2D eigenvalue weighted by Gasteiger charge is 2.16. The van der Waals surface area contributed by atoms with Crippen molar-refractivity contribution >= 4 is 20.0 Å². The van der Waals surface area contributed by atoms with Gasteiger partial charge in [0, 0.05) is 12.1 Å². The van der Waals surface area contributed by atoms with Crippen LogP contribution in [0.1, 0.15) is 17.0 Å². The number of primary sulfonamides is 1. The summed E-state index contributed by atoms with van der Waals surface area (Å²) in [5, 5.41) is 8.96. The van der Waals surface area contributed by atoms with E-state index in [4.69, 9.17) is 9.66 Å². The molecule has 0 aliphatic heterocycles. The summed E-state index contributed by atoms with van der Waals surface area (Å²) in [6.07, 6.45) is 0.404.